The van der Waals surface area contributed by atoms with Gasteiger partial charge in [0.05, 0.1) is 32.4 Å². The Kier molecular flexibility index (Phi) is 22.5. The van der Waals surface area contributed by atoms with Crippen LogP contribution in [0.5, 0.6) is 0 Å². The van der Waals surface area contributed by atoms with Gasteiger partial charge in [-0.15, -0.1) is 0 Å². The Hall–Kier alpha value is -7.44. The molecule has 2 heterocycles. The van der Waals surface area contributed by atoms with E-state index < -0.39 is 103 Å². The van der Waals surface area contributed by atoms with E-state index in [9.17, 15) is 73.2 Å². The molecule has 0 aliphatic rings. The van der Waals surface area contributed by atoms with Gasteiger partial charge in [0.25, 0.3) is 17.4 Å². The molecule has 0 bridgehead atoms. The molecule has 12 N–H and O–H groups in total. The standard InChI is InChI=1S/C38H48N12O16S2/c1-20(51)66-12-13-67-68-19-25(37(64)65)44-28(54)16-50(18-30(57)58)11-10-49(17-29(55)56)15-27(53)41-9-8-40-26(52)7-6-23(36(62)63)46-33(59)21-2-4-22(5-3-21)43-34(60)24-14-42-32-31(45-24)35(61)48-38(39)47-32/h2-5,14,23,25H,6-13,15-19H2,1H3,(H,40,52)(H,41,53)(H,43,60)(H,44,54)(H,46,59)(H,55,56)(H,57,58)(H,62,63)(H,64,65)(H3,39,42,47,48,61). The molecule has 2 aromatic heterocycles. The van der Waals surface area contributed by atoms with E-state index in [4.69, 9.17) is 10.5 Å². The van der Waals surface area contributed by atoms with Gasteiger partial charge in [0.1, 0.15) is 24.4 Å². The highest BCUT2D eigenvalue weighted by atomic mass is 33.1. The number of hydrogen-bond acceptors (Lipinski definition) is 20. The predicted octanol–water partition coefficient (Wildman–Crippen LogP) is -2.97. The van der Waals surface area contributed by atoms with Crippen LogP contribution >= 0.6 is 21.6 Å². The number of carbonyl (C=O) groups is 10. The molecule has 0 aliphatic heterocycles. The maximum Gasteiger partial charge on any atom is 0.327 e. The molecule has 2 atom stereocenters. The lowest BCUT2D eigenvalue weighted by Crippen LogP contribution is -2.49. The zero-order chi connectivity index (χ0) is 50.3. The molecule has 28 nitrogen and oxygen atoms in total. The van der Waals surface area contributed by atoms with E-state index in [-0.39, 0.29) is 85.4 Å². The van der Waals surface area contributed by atoms with Crippen molar-refractivity contribution in [1.82, 2.24) is 51.0 Å². The summed E-state index contributed by atoms with van der Waals surface area (Å²) in [6.45, 7) is -1.74. The van der Waals surface area contributed by atoms with Gasteiger partial charge >= 0.3 is 29.8 Å². The van der Waals surface area contributed by atoms with Crippen LogP contribution in [0.2, 0.25) is 0 Å². The molecule has 0 radical (unpaired) electrons. The number of aromatic amines is 1. The summed E-state index contributed by atoms with van der Waals surface area (Å²) in [5, 5.41) is 50.1. The normalized spacial score (nSPS) is 11.8. The number of carbonyl (C=O) groups excluding carboxylic acids is 6. The third kappa shape index (κ3) is 20.4. The first-order valence-electron chi connectivity index (χ1n) is 20.0. The number of amides is 5. The van der Waals surface area contributed by atoms with Crippen LogP contribution in [0.3, 0.4) is 0 Å². The third-order valence-electron chi connectivity index (χ3n) is 8.71. The van der Waals surface area contributed by atoms with Crippen molar-refractivity contribution in [3.63, 3.8) is 0 Å². The lowest BCUT2D eigenvalue weighted by Gasteiger charge is -2.25. The van der Waals surface area contributed by atoms with Gasteiger partial charge in [-0.1, -0.05) is 21.6 Å². The number of anilines is 2. The Labute approximate surface area is 392 Å². The lowest BCUT2D eigenvalue weighted by molar-refractivity contribution is -0.142. The minimum atomic E-state index is -1.49. The molecule has 0 spiro atoms. The second kappa shape index (κ2) is 27.9. The van der Waals surface area contributed by atoms with E-state index in [1.807, 2.05) is 0 Å². The summed E-state index contributed by atoms with van der Waals surface area (Å²) in [5.74, 6) is -9.48. The molecule has 2 unspecified atom stereocenters. The van der Waals surface area contributed by atoms with Crippen molar-refractivity contribution in [3.05, 3.63) is 52.1 Å². The first kappa shape index (κ1) is 54.9. The number of hydrogen-bond donors (Lipinski definition) is 11. The first-order chi connectivity index (χ1) is 32.2. The van der Waals surface area contributed by atoms with Gasteiger partial charge in [-0.05, 0) is 30.7 Å². The van der Waals surface area contributed by atoms with E-state index in [2.05, 4.69) is 46.5 Å². The molecule has 30 heteroatoms. The number of benzene rings is 1. The number of esters is 1. The Bertz CT molecular complexity index is 2390. The Balaban J connectivity index is 1.42. The number of carboxylic acid groups (broad SMARTS) is 4. The van der Waals surface area contributed by atoms with Crippen LogP contribution in [0.25, 0.3) is 11.2 Å². The summed E-state index contributed by atoms with van der Waals surface area (Å²) in [6, 6.07) is 2.47. The molecular weight excluding hydrogens is 945 g/mol. The van der Waals surface area contributed by atoms with Gasteiger partial charge in [0.15, 0.2) is 11.2 Å². The summed E-state index contributed by atoms with van der Waals surface area (Å²) in [6.07, 6.45) is 0.408. The van der Waals surface area contributed by atoms with Crippen molar-refractivity contribution in [3.8, 4) is 0 Å². The third-order valence-corrected chi connectivity index (χ3v) is 11.1. The minimum absolute atomic E-state index is 0.0146. The van der Waals surface area contributed by atoms with E-state index in [1.54, 1.807) is 0 Å². The molecule has 368 valence electrons. The van der Waals surface area contributed by atoms with Crippen LogP contribution in [-0.2, 0) is 43.1 Å². The quantitative estimate of drug-likeness (QED) is 0.0180. The largest absolute Gasteiger partial charge is 0.480 e. The summed E-state index contributed by atoms with van der Waals surface area (Å²) >= 11 is 0. The van der Waals surface area contributed by atoms with Crippen LogP contribution in [0, 0.1) is 0 Å². The molecular formula is C38H48N12O16S2. The summed E-state index contributed by atoms with van der Waals surface area (Å²) in [5.41, 5.74) is 4.51. The topological polar surface area (TPSA) is 425 Å². The molecule has 0 fully saturated rings. The van der Waals surface area contributed by atoms with Gasteiger partial charge in [-0.25, -0.2) is 19.6 Å². The number of H-pyrrole nitrogens is 1. The number of nitrogens with one attached hydrogen (secondary N) is 6. The van der Waals surface area contributed by atoms with E-state index in [0.29, 0.717) is 5.75 Å². The molecule has 3 aromatic rings. The molecule has 3 rings (SSSR count). The molecule has 0 saturated carbocycles. The Morgan fingerprint density at radius 1 is 0.765 bits per heavy atom. The summed E-state index contributed by atoms with van der Waals surface area (Å²) in [7, 11) is 2.31. The monoisotopic (exact) mass is 992 g/mol. The SMILES string of the molecule is CC(=O)OCCSSCC(NC(=O)CN(CCN(CC(=O)O)CC(=O)NCCNC(=O)CCC(NC(=O)c1ccc(NC(=O)c2cnc3nc(N)[nH]c(=O)c3n2)cc1)C(=O)O)CC(=O)O)C(=O)O. The number of nitrogen functional groups attached to an aromatic ring is 1. The average molecular weight is 993 g/mol. The van der Waals surface area contributed by atoms with Crippen LogP contribution < -0.4 is 37.9 Å². The van der Waals surface area contributed by atoms with Gasteiger partial charge < -0.3 is 57.5 Å². The maximum atomic E-state index is 12.9. The maximum absolute atomic E-state index is 12.9. The number of ether oxygens (including phenoxy) is 1. The van der Waals surface area contributed by atoms with E-state index >= 15 is 0 Å². The number of nitrogens with zero attached hydrogens (tertiary/aromatic N) is 5. The first-order valence-corrected chi connectivity index (χ1v) is 22.5. The zero-order valence-electron chi connectivity index (χ0n) is 36.1. The van der Waals surface area contributed by atoms with Crippen LogP contribution in [0.1, 0.15) is 40.6 Å². The fourth-order valence-electron chi connectivity index (χ4n) is 5.58. The van der Waals surface area contributed by atoms with Crippen LogP contribution in [0.4, 0.5) is 11.6 Å². The van der Waals surface area contributed by atoms with Crippen molar-refractivity contribution in [1.29, 1.82) is 0 Å². The molecule has 68 heavy (non-hydrogen) atoms. The highest BCUT2D eigenvalue weighted by molar-refractivity contribution is 8.76. The van der Waals surface area contributed by atoms with Crippen molar-refractivity contribution in [2.75, 3.05) is 81.5 Å². The Morgan fingerprint density at radius 2 is 1.37 bits per heavy atom. The number of aromatic nitrogens is 4. The number of fused-ring (bicyclic) bond motifs is 1. The zero-order valence-corrected chi connectivity index (χ0v) is 37.7. The smallest absolute Gasteiger partial charge is 0.327 e. The number of carboxylic acids is 4. The highest BCUT2D eigenvalue weighted by Crippen LogP contribution is 2.22. The summed E-state index contributed by atoms with van der Waals surface area (Å²) < 4.78 is 4.78. The fourth-order valence-corrected chi connectivity index (χ4v) is 7.56. The predicted molar refractivity (Wildman–Crippen MR) is 240 cm³/mol. The fraction of sp³-hybridized carbons (Fsp3) is 0.421. The van der Waals surface area contributed by atoms with Gasteiger partial charge in [0, 0.05) is 62.3 Å². The van der Waals surface area contributed by atoms with Crippen LogP contribution in [-0.4, -0.2) is 192 Å². The molecule has 1 aromatic carbocycles. The van der Waals surface area contributed by atoms with Gasteiger partial charge in [0.2, 0.25) is 23.7 Å². The molecule has 0 saturated heterocycles. The number of rotatable bonds is 30. The van der Waals surface area contributed by atoms with Gasteiger partial charge in [-0.3, -0.25) is 57.9 Å². The number of aliphatic carboxylic acids is 4. The average Bonchev–Trinajstić information content (AvgIpc) is 3.25. The highest BCUT2D eigenvalue weighted by Gasteiger charge is 2.25. The molecule has 5 amide bonds. The second-order valence-electron chi connectivity index (χ2n) is 14.1. The lowest BCUT2D eigenvalue weighted by atomic mass is 10.1. The second-order valence-corrected chi connectivity index (χ2v) is 16.8. The van der Waals surface area contributed by atoms with Crippen molar-refractivity contribution >= 4 is 104 Å². The Morgan fingerprint density at radius 3 is 1.96 bits per heavy atom. The number of nitrogens with two attached hydrogens (primary N) is 1. The minimum Gasteiger partial charge on any atom is -0.480 e. The summed E-state index contributed by atoms with van der Waals surface area (Å²) in [4.78, 5) is 149. The van der Waals surface area contributed by atoms with Gasteiger partial charge in [-0.2, -0.15) is 4.98 Å². The van der Waals surface area contributed by atoms with Crippen molar-refractivity contribution < 1.29 is 73.1 Å². The van der Waals surface area contributed by atoms with Crippen molar-refractivity contribution in [2.45, 2.75) is 31.8 Å². The van der Waals surface area contributed by atoms with Crippen LogP contribution in [0.15, 0.2) is 35.3 Å². The van der Waals surface area contributed by atoms with E-state index in [1.165, 1.54) is 42.0 Å². The van der Waals surface area contributed by atoms with Crippen molar-refractivity contribution in [2.24, 2.45) is 0 Å². The van der Waals surface area contributed by atoms with E-state index in [0.717, 1.165) is 26.8 Å². The molecule has 0 aliphatic carbocycles.